The highest BCUT2D eigenvalue weighted by Gasteiger charge is 2.17. The Morgan fingerprint density at radius 1 is 1.18 bits per heavy atom. The van der Waals surface area contributed by atoms with E-state index in [9.17, 15) is 0 Å². The predicted octanol–water partition coefficient (Wildman–Crippen LogP) is 4.82. The van der Waals surface area contributed by atoms with Crippen molar-refractivity contribution in [2.45, 2.75) is 46.1 Å². The number of aryl methyl sites for hydroxylation is 1. The zero-order valence-electron chi connectivity index (χ0n) is 13.6. The largest absolute Gasteiger partial charge is 0.243 e. The van der Waals surface area contributed by atoms with Crippen molar-refractivity contribution in [1.29, 1.82) is 0 Å². The number of hydrogen-bond donors (Lipinski definition) is 0. The SMILES string of the molecule is CCc1ccccc1-c1nc(C2=CCCC=C2)n(C(C)C)n1. The summed E-state index contributed by atoms with van der Waals surface area (Å²) in [6.07, 6.45) is 9.83. The van der Waals surface area contributed by atoms with Crippen LogP contribution in [0.5, 0.6) is 0 Å². The molecule has 1 aliphatic rings. The van der Waals surface area contributed by atoms with Crippen molar-refractivity contribution in [3.63, 3.8) is 0 Å². The smallest absolute Gasteiger partial charge is 0.182 e. The molecule has 0 atom stereocenters. The van der Waals surface area contributed by atoms with Gasteiger partial charge in [0.2, 0.25) is 0 Å². The third-order valence-corrected chi connectivity index (χ3v) is 4.01. The summed E-state index contributed by atoms with van der Waals surface area (Å²) >= 11 is 0. The highest BCUT2D eigenvalue weighted by atomic mass is 15.4. The molecule has 0 N–H and O–H groups in total. The van der Waals surface area contributed by atoms with E-state index in [2.05, 4.69) is 63.3 Å². The zero-order valence-corrected chi connectivity index (χ0v) is 13.6. The van der Waals surface area contributed by atoms with Crippen molar-refractivity contribution in [1.82, 2.24) is 14.8 Å². The number of allylic oxidation sites excluding steroid dienone is 4. The van der Waals surface area contributed by atoms with Crippen molar-refractivity contribution >= 4 is 5.57 Å². The summed E-state index contributed by atoms with van der Waals surface area (Å²) in [4.78, 5) is 4.87. The summed E-state index contributed by atoms with van der Waals surface area (Å²) < 4.78 is 2.04. The quantitative estimate of drug-likeness (QED) is 0.809. The van der Waals surface area contributed by atoms with Gasteiger partial charge < -0.3 is 0 Å². The normalized spacial score (nSPS) is 14.5. The van der Waals surface area contributed by atoms with Crippen LogP contribution in [0.1, 0.15) is 51.0 Å². The number of benzene rings is 1. The maximum absolute atomic E-state index is 4.87. The molecule has 0 saturated carbocycles. The Balaban J connectivity index is 2.11. The maximum Gasteiger partial charge on any atom is 0.182 e. The van der Waals surface area contributed by atoms with E-state index in [1.165, 1.54) is 11.1 Å². The summed E-state index contributed by atoms with van der Waals surface area (Å²) in [6, 6.07) is 8.71. The topological polar surface area (TPSA) is 30.7 Å². The van der Waals surface area contributed by atoms with Gasteiger partial charge in [-0.3, -0.25) is 0 Å². The molecule has 3 heteroatoms. The van der Waals surface area contributed by atoms with Crippen LogP contribution >= 0.6 is 0 Å². The van der Waals surface area contributed by atoms with E-state index in [-0.39, 0.29) is 0 Å². The molecule has 0 saturated heterocycles. The molecular weight excluding hydrogens is 270 g/mol. The van der Waals surface area contributed by atoms with Crippen LogP contribution in [0.15, 0.2) is 42.5 Å². The third kappa shape index (κ3) is 2.76. The predicted molar refractivity (Wildman–Crippen MR) is 91.6 cm³/mol. The first-order valence-corrected chi connectivity index (χ1v) is 8.12. The summed E-state index contributed by atoms with van der Waals surface area (Å²) in [5.41, 5.74) is 3.63. The molecule has 2 aromatic rings. The van der Waals surface area contributed by atoms with Gasteiger partial charge in [-0.05, 0) is 38.7 Å². The summed E-state index contributed by atoms with van der Waals surface area (Å²) in [5, 5.41) is 4.79. The van der Waals surface area contributed by atoms with E-state index in [4.69, 9.17) is 10.1 Å². The van der Waals surface area contributed by atoms with Gasteiger partial charge in [0.1, 0.15) is 0 Å². The van der Waals surface area contributed by atoms with Gasteiger partial charge in [0.25, 0.3) is 0 Å². The Morgan fingerprint density at radius 2 is 2.00 bits per heavy atom. The number of rotatable bonds is 4. The van der Waals surface area contributed by atoms with E-state index in [1.54, 1.807) is 0 Å². The van der Waals surface area contributed by atoms with Gasteiger partial charge in [-0.1, -0.05) is 49.4 Å². The molecule has 3 rings (SSSR count). The molecule has 0 bridgehead atoms. The minimum atomic E-state index is 0.293. The summed E-state index contributed by atoms with van der Waals surface area (Å²) in [6.45, 7) is 6.48. The molecule has 1 aromatic heterocycles. The lowest BCUT2D eigenvalue weighted by molar-refractivity contribution is 0.526. The van der Waals surface area contributed by atoms with Crippen molar-refractivity contribution in [3.8, 4) is 11.4 Å². The number of hydrogen-bond acceptors (Lipinski definition) is 2. The molecule has 1 heterocycles. The zero-order chi connectivity index (χ0) is 15.5. The minimum absolute atomic E-state index is 0.293. The molecule has 1 aromatic carbocycles. The molecule has 0 fully saturated rings. The van der Waals surface area contributed by atoms with E-state index < -0.39 is 0 Å². The first kappa shape index (κ1) is 14.8. The molecule has 0 amide bonds. The van der Waals surface area contributed by atoms with Crippen LogP contribution in [0.2, 0.25) is 0 Å². The van der Waals surface area contributed by atoms with Crippen molar-refractivity contribution < 1.29 is 0 Å². The molecule has 3 nitrogen and oxygen atoms in total. The maximum atomic E-state index is 4.87. The first-order valence-electron chi connectivity index (χ1n) is 8.12. The third-order valence-electron chi connectivity index (χ3n) is 4.01. The average Bonchev–Trinajstić information content (AvgIpc) is 3.01. The van der Waals surface area contributed by atoms with Crippen LogP contribution in [0, 0.1) is 0 Å². The van der Waals surface area contributed by atoms with E-state index >= 15 is 0 Å². The first-order chi connectivity index (χ1) is 10.7. The lowest BCUT2D eigenvalue weighted by Gasteiger charge is -2.11. The Bertz CT molecular complexity index is 720. The second-order valence-corrected chi connectivity index (χ2v) is 5.95. The standard InChI is InChI=1S/C19H23N3/c1-4-15-10-8-9-13-17(15)18-20-19(22(21-18)14(2)3)16-11-6-5-7-12-16/h6,8-14H,4-5,7H2,1-3H3. The van der Waals surface area contributed by atoms with Gasteiger partial charge in [0.05, 0.1) is 0 Å². The molecule has 0 unspecified atom stereocenters. The minimum Gasteiger partial charge on any atom is -0.243 e. The molecular formula is C19H23N3. The van der Waals surface area contributed by atoms with Gasteiger partial charge in [-0.15, -0.1) is 0 Å². The van der Waals surface area contributed by atoms with Crippen LogP contribution < -0.4 is 0 Å². The molecule has 0 radical (unpaired) electrons. The molecule has 1 aliphatic carbocycles. The fourth-order valence-corrected chi connectivity index (χ4v) is 2.82. The lowest BCUT2D eigenvalue weighted by Crippen LogP contribution is -2.07. The molecule has 0 aliphatic heterocycles. The van der Waals surface area contributed by atoms with Crippen LogP contribution in [0.4, 0.5) is 0 Å². The van der Waals surface area contributed by atoms with E-state index in [0.29, 0.717) is 6.04 Å². The van der Waals surface area contributed by atoms with Crippen molar-refractivity contribution in [3.05, 3.63) is 53.9 Å². The highest BCUT2D eigenvalue weighted by molar-refractivity contribution is 5.72. The van der Waals surface area contributed by atoms with Gasteiger partial charge in [-0.25, -0.2) is 9.67 Å². The second-order valence-electron chi connectivity index (χ2n) is 5.95. The Labute approximate surface area is 132 Å². The lowest BCUT2D eigenvalue weighted by atomic mass is 10.0. The average molecular weight is 293 g/mol. The summed E-state index contributed by atoms with van der Waals surface area (Å²) in [5.74, 6) is 1.81. The molecule has 114 valence electrons. The van der Waals surface area contributed by atoms with Crippen LogP contribution in [0.25, 0.3) is 17.0 Å². The van der Waals surface area contributed by atoms with Gasteiger partial charge in [-0.2, -0.15) is 5.10 Å². The van der Waals surface area contributed by atoms with Crippen LogP contribution in [-0.4, -0.2) is 14.8 Å². The Kier molecular flexibility index (Phi) is 4.23. The molecule has 22 heavy (non-hydrogen) atoms. The second kappa shape index (κ2) is 6.30. The Hall–Kier alpha value is -2.16. The number of nitrogens with zero attached hydrogens (tertiary/aromatic N) is 3. The summed E-state index contributed by atoms with van der Waals surface area (Å²) in [7, 11) is 0. The van der Waals surface area contributed by atoms with Crippen molar-refractivity contribution in [2.24, 2.45) is 0 Å². The fourth-order valence-electron chi connectivity index (χ4n) is 2.82. The van der Waals surface area contributed by atoms with Crippen LogP contribution in [-0.2, 0) is 6.42 Å². The number of aromatic nitrogens is 3. The van der Waals surface area contributed by atoms with E-state index in [0.717, 1.165) is 36.5 Å². The highest BCUT2D eigenvalue weighted by Crippen LogP contribution is 2.27. The van der Waals surface area contributed by atoms with Crippen molar-refractivity contribution in [2.75, 3.05) is 0 Å². The monoisotopic (exact) mass is 293 g/mol. The van der Waals surface area contributed by atoms with Gasteiger partial charge in [0.15, 0.2) is 11.6 Å². The fraction of sp³-hybridized carbons (Fsp3) is 0.368. The van der Waals surface area contributed by atoms with Gasteiger partial charge in [0, 0.05) is 17.2 Å². The van der Waals surface area contributed by atoms with E-state index in [1.807, 2.05) is 4.68 Å². The van der Waals surface area contributed by atoms with Gasteiger partial charge >= 0.3 is 0 Å². The van der Waals surface area contributed by atoms with Crippen LogP contribution in [0.3, 0.4) is 0 Å². The Morgan fingerprint density at radius 3 is 2.68 bits per heavy atom. The molecule has 0 spiro atoms.